The molecule has 0 radical (unpaired) electrons. The number of carbonyl (C=O) groups is 1. The zero-order chi connectivity index (χ0) is 20.2. The second kappa shape index (κ2) is 8.10. The molecule has 4 rings (SSSR count). The molecule has 0 atom stereocenters. The molecule has 0 aliphatic carbocycles. The van der Waals surface area contributed by atoms with Crippen molar-refractivity contribution in [3.63, 3.8) is 0 Å². The number of carbonyl (C=O) groups excluding carboxylic acids is 1. The molecule has 144 valence electrons. The molecule has 0 unspecified atom stereocenters. The molecule has 0 aliphatic rings. The number of aryl methyl sites for hydroxylation is 1. The molecule has 2 heterocycles. The number of hydrogen-bond acceptors (Lipinski definition) is 4. The van der Waals surface area contributed by atoms with Gasteiger partial charge in [0, 0.05) is 37.1 Å². The Balaban J connectivity index is 1.62. The highest BCUT2D eigenvalue weighted by molar-refractivity contribution is 5.99. The third kappa shape index (κ3) is 4.09. The van der Waals surface area contributed by atoms with Crippen molar-refractivity contribution in [1.29, 1.82) is 0 Å². The Morgan fingerprint density at radius 2 is 1.79 bits per heavy atom. The lowest BCUT2D eigenvalue weighted by Crippen LogP contribution is -2.26. The van der Waals surface area contributed by atoms with Crippen molar-refractivity contribution in [2.24, 2.45) is 0 Å². The molecular formula is C24H21N3O2. The lowest BCUT2D eigenvalue weighted by atomic mass is 10.1. The van der Waals surface area contributed by atoms with E-state index in [1.165, 1.54) is 5.56 Å². The molecule has 0 spiro atoms. The molecular weight excluding hydrogens is 362 g/mol. The van der Waals surface area contributed by atoms with Crippen molar-refractivity contribution in [1.82, 2.24) is 14.9 Å². The van der Waals surface area contributed by atoms with E-state index in [1.807, 2.05) is 61.5 Å². The second-order valence-corrected chi connectivity index (χ2v) is 6.96. The van der Waals surface area contributed by atoms with Crippen LogP contribution in [0, 0.1) is 6.92 Å². The Morgan fingerprint density at radius 1 is 1.00 bits per heavy atom. The SMILES string of the molecule is Cc1ccc(-c2cnc(-c3ccccc3C(=O)N(C)Cc3cccnc3)o2)cc1. The predicted octanol–water partition coefficient (Wildman–Crippen LogP) is 4.98. The fourth-order valence-corrected chi connectivity index (χ4v) is 3.15. The van der Waals surface area contributed by atoms with Gasteiger partial charge in [0.2, 0.25) is 5.89 Å². The summed E-state index contributed by atoms with van der Waals surface area (Å²) in [5.41, 5.74) is 4.33. The molecule has 4 aromatic rings. The Kier molecular flexibility index (Phi) is 5.20. The van der Waals surface area contributed by atoms with Gasteiger partial charge in [-0.25, -0.2) is 4.98 Å². The van der Waals surface area contributed by atoms with Gasteiger partial charge in [-0.2, -0.15) is 0 Å². The minimum Gasteiger partial charge on any atom is -0.436 e. The molecule has 0 fully saturated rings. The summed E-state index contributed by atoms with van der Waals surface area (Å²) in [5.74, 6) is 1.00. The molecule has 29 heavy (non-hydrogen) atoms. The maximum Gasteiger partial charge on any atom is 0.254 e. The van der Waals surface area contributed by atoms with Crippen molar-refractivity contribution in [3.05, 3.63) is 95.9 Å². The maximum absolute atomic E-state index is 13.1. The van der Waals surface area contributed by atoms with Gasteiger partial charge in [-0.05, 0) is 30.7 Å². The van der Waals surface area contributed by atoms with E-state index in [0.717, 1.165) is 11.1 Å². The summed E-state index contributed by atoms with van der Waals surface area (Å²) in [6.07, 6.45) is 5.17. The van der Waals surface area contributed by atoms with Gasteiger partial charge in [0.05, 0.1) is 11.8 Å². The van der Waals surface area contributed by atoms with Crippen molar-refractivity contribution >= 4 is 5.91 Å². The number of hydrogen-bond donors (Lipinski definition) is 0. The summed E-state index contributed by atoms with van der Waals surface area (Å²) in [7, 11) is 1.78. The van der Waals surface area contributed by atoms with Crippen LogP contribution < -0.4 is 0 Å². The Hall–Kier alpha value is -3.73. The van der Waals surface area contributed by atoms with E-state index < -0.39 is 0 Å². The van der Waals surface area contributed by atoms with Crippen molar-refractivity contribution in [2.45, 2.75) is 13.5 Å². The Bertz CT molecular complexity index is 1120. The summed E-state index contributed by atoms with van der Waals surface area (Å²) in [6.45, 7) is 2.51. The molecule has 1 amide bonds. The van der Waals surface area contributed by atoms with Gasteiger partial charge >= 0.3 is 0 Å². The summed E-state index contributed by atoms with van der Waals surface area (Å²) in [5, 5.41) is 0. The van der Waals surface area contributed by atoms with Crippen LogP contribution in [-0.2, 0) is 6.54 Å². The lowest BCUT2D eigenvalue weighted by molar-refractivity contribution is 0.0785. The summed E-state index contributed by atoms with van der Waals surface area (Å²) < 4.78 is 5.99. The van der Waals surface area contributed by atoms with Gasteiger partial charge in [0.25, 0.3) is 5.91 Å². The van der Waals surface area contributed by atoms with Gasteiger partial charge < -0.3 is 9.32 Å². The van der Waals surface area contributed by atoms with E-state index in [2.05, 4.69) is 9.97 Å². The monoisotopic (exact) mass is 383 g/mol. The van der Waals surface area contributed by atoms with Crippen LogP contribution in [0.25, 0.3) is 22.8 Å². The highest BCUT2D eigenvalue weighted by Crippen LogP contribution is 2.29. The molecule has 5 nitrogen and oxygen atoms in total. The minimum absolute atomic E-state index is 0.0976. The van der Waals surface area contributed by atoms with Crippen LogP contribution in [0.15, 0.2) is 83.7 Å². The standard InChI is InChI=1S/C24H21N3O2/c1-17-9-11-19(12-10-17)22-15-26-23(29-22)20-7-3-4-8-21(20)24(28)27(2)16-18-6-5-13-25-14-18/h3-15H,16H2,1-2H3. The number of oxazole rings is 1. The van der Waals surface area contributed by atoms with E-state index in [9.17, 15) is 4.79 Å². The quantitative estimate of drug-likeness (QED) is 0.487. The molecule has 5 heteroatoms. The highest BCUT2D eigenvalue weighted by atomic mass is 16.4. The molecule has 0 aliphatic heterocycles. The molecule has 0 saturated heterocycles. The number of rotatable bonds is 5. The first kappa shape index (κ1) is 18.6. The van der Waals surface area contributed by atoms with Crippen LogP contribution in [0.3, 0.4) is 0 Å². The first-order chi connectivity index (χ1) is 14.1. The van der Waals surface area contributed by atoms with Gasteiger partial charge in [0.1, 0.15) is 0 Å². The van der Waals surface area contributed by atoms with Crippen LogP contribution in [0.4, 0.5) is 0 Å². The maximum atomic E-state index is 13.1. The van der Waals surface area contributed by atoms with Gasteiger partial charge in [-0.1, -0.05) is 48.0 Å². The van der Waals surface area contributed by atoms with Gasteiger partial charge in [-0.3, -0.25) is 9.78 Å². The predicted molar refractivity (Wildman–Crippen MR) is 112 cm³/mol. The van der Waals surface area contributed by atoms with Crippen molar-refractivity contribution in [2.75, 3.05) is 7.05 Å². The topological polar surface area (TPSA) is 59.2 Å². The molecule has 0 saturated carbocycles. The molecule has 2 aromatic carbocycles. The van der Waals surface area contributed by atoms with E-state index in [4.69, 9.17) is 4.42 Å². The molecule has 0 bridgehead atoms. The van der Waals surface area contributed by atoms with Crippen LogP contribution >= 0.6 is 0 Å². The first-order valence-corrected chi connectivity index (χ1v) is 9.38. The number of amides is 1. The lowest BCUT2D eigenvalue weighted by Gasteiger charge is -2.18. The minimum atomic E-state index is -0.0976. The zero-order valence-electron chi connectivity index (χ0n) is 16.4. The average molecular weight is 383 g/mol. The number of pyridine rings is 1. The summed E-state index contributed by atoms with van der Waals surface area (Å²) in [4.78, 5) is 23.3. The third-order valence-corrected chi connectivity index (χ3v) is 4.72. The average Bonchev–Trinajstić information content (AvgIpc) is 3.24. The number of nitrogens with zero attached hydrogens (tertiary/aromatic N) is 3. The highest BCUT2D eigenvalue weighted by Gasteiger charge is 2.20. The fourth-order valence-electron chi connectivity index (χ4n) is 3.15. The largest absolute Gasteiger partial charge is 0.436 e. The molecule has 2 aromatic heterocycles. The third-order valence-electron chi connectivity index (χ3n) is 4.72. The Labute approximate surface area is 169 Å². The normalized spacial score (nSPS) is 10.7. The van der Waals surface area contributed by atoms with E-state index in [0.29, 0.717) is 29.3 Å². The van der Waals surface area contributed by atoms with Crippen LogP contribution in [0.2, 0.25) is 0 Å². The Morgan fingerprint density at radius 3 is 2.55 bits per heavy atom. The summed E-state index contributed by atoms with van der Waals surface area (Å²) >= 11 is 0. The van der Waals surface area contributed by atoms with Crippen LogP contribution in [0.5, 0.6) is 0 Å². The van der Waals surface area contributed by atoms with Crippen LogP contribution in [-0.4, -0.2) is 27.8 Å². The van der Waals surface area contributed by atoms with Gasteiger partial charge in [-0.15, -0.1) is 0 Å². The zero-order valence-corrected chi connectivity index (χ0v) is 16.4. The second-order valence-electron chi connectivity index (χ2n) is 6.96. The van der Waals surface area contributed by atoms with E-state index in [-0.39, 0.29) is 5.91 Å². The van der Waals surface area contributed by atoms with Crippen molar-refractivity contribution in [3.8, 4) is 22.8 Å². The summed E-state index contributed by atoms with van der Waals surface area (Å²) in [6, 6.07) is 19.2. The molecule has 0 N–H and O–H groups in total. The fraction of sp³-hybridized carbons (Fsp3) is 0.125. The first-order valence-electron chi connectivity index (χ1n) is 9.38. The number of aromatic nitrogens is 2. The van der Waals surface area contributed by atoms with E-state index in [1.54, 1.807) is 36.6 Å². The smallest absolute Gasteiger partial charge is 0.254 e. The van der Waals surface area contributed by atoms with Crippen molar-refractivity contribution < 1.29 is 9.21 Å². The number of benzene rings is 2. The van der Waals surface area contributed by atoms with Crippen LogP contribution in [0.1, 0.15) is 21.5 Å². The van der Waals surface area contributed by atoms with E-state index >= 15 is 0 Å². The van der Waals surface area contributed by atoms with Gasteiger partial charge in [0.15, 0.2) is 5.76 Å².